The molecule has 0 radical (unpaired) electrons. The Morgan fingerprint density at radius 2 is 2.36 bits per heavy atom. The fourth-order valence-corrected chi connectivity index (χ4v) is 1.09. The number of pyridine rings is 1. The van der Waals surface area contributed by atoms with Gasteiger partial charge in [-0.05, 0) is 13.8 Å². The number of hydrogen-bond acceptors (Lipinski definition) is 4. The predicted molar refractivity (Wildman–Crippen MR) is 49.1 cm³/mol. The number of nitrogens with zero attached hydrogens (tertiary/aromatic N) is 3. The molecule has 0 aliphatic carbocycles. The van der Waals surface area contributed by atoms with Crippen LogP contribution in [0.5, 0.6) is 0 Å². The first kappa shape index (κ1) is 10.2. The standard InChI is InChI=1S/C8H11N3O3/c1-3-9-8-4-7(11(13)14)6(2)5-10(8)12/h4-5,12H,3H2,1-2H3. The van der Waals surface area contributed by atoms with E-state index in [1.807, 2.05) is 0 Å². The van der Waals surface area contributed by atoms with E-state index in [1.165, 1.54) is 12.3 Å². The first-order chi connectivity index (χ1) is 6.56. The minimum Gasteiger partial charge on any atom is -0.427 e. The van der Waals surface area contributed by atoms with Gasteiger partial charge in [0.1, 0.15) is 0 Å². The van der Waals surface area contributed by atoms with Crippen LogP contribution in [-0.2, 0) is 0 Å². The number of rotatable bonds is 2. The van der Waals surface area contributed by atoms with E-state index in [0.717, 1.165) is 4.73 Å². The van der Waals surface area contributed by atoms with E-state index in [2.05, 4.69) is 4.99 Å². The monoisotopic (exact) mass is 197 g/mol. The van der Waals surface area contributed by atoms with Gasteiger partial charge in [0.25, 0.3) is 5.69 Å². The topological polar surface area (TPSA) is 80.7 Å². The summed E-state index contributed by atoms with van der Waals surface area (Å²) in [6.07, 6.45) is 1.27. The van der Waals surface area contributed by atoms with Crippen molar-refractivity contribution >= 4 is 5.69 Å². The third kappa shape index (κ3) is 1.90. The molecule has 6 heteroatoms. The van der Waals surface area contributed by atoms with E-state index in [0.29, 0.717) is 12.1 Å². The summed E-state index contributed by atoms with van der Waals surface area (Å²) < 4.78 is 0.784. The first-order valence-electron chi connectivity index (χ1n) is 4.13. The van der Waals surface area contributed by atoms with Gasteiger partial charge in [0.05, 0.1) is 17.2 Å². The Morgan fingerprint density at radius 3 is 2.86 bits per heavy atom. The van der Waals surface area contributed by atoms with E-state index in [4.69, 9.17) is 0 Å². The van der Waals surface area contributed by atoms with E-state index in [-0.39, 0.29) is 11.2 Å². The number of aromatic nitrogens is 1. The zero-order valence-corrected chi connectivity index (χ0v) is 7.97. The highest BCUT2D eigenvalue weighted by Crippen LogP contribution is 2.12. The molecule has 0 aliphatic rings. The molecule has 0 saturated carbocycles. The van der Waals surface area contributed by atoms with Gasteiger partial charge in [-0.15, -0.1) is 0 Å². The Morgan fingerprint density at radius 1 is 1.71 bits per heavy atom. The van der Waals surface area contributed by atoms with Gasteiger partial charge in [0.15, 0.2) is 5.49 Å². The molecule has 0 unspecified atom stereocenters. The van der Waals surface area contributed by atoms with Crippen molar-refractivity contribution in [2.24, 2.45) is 4.99 Å². The molecule has 6 nitrogen and oxygen atoms in total. The second-order valence-corrected chi connectivity index (χ2v) is 2.78. The summed E-state index contributed by atoms with van der Waals surface area (Å²) in [5.74, 6) is 0. The van der Waals surface area contributed by atoms with E-state index >= 15 is 0 Å². The molecule has 0 aromatic carbocycles. The Kier molecular flexibility index (Phi) is 2.85. The number of aryl methyl sites for hydroxylation is 1. The SMILES string of the molecule is CCN=c1cc([N+](=O)[O-])c(C)cn1O. The lowest BCUT2D eigenvalue weighted by molar-refractivity contribution is -0.385. The Bertz CT molecular complexity index is 422. The van der Waals surface area contributed by atoms with Crippen LogP contribution in [0.1, 0.15) is 12.5 Å². The lowest BCUT2D eigenvalue weighted by Gasteiger charge is -2.01. The van der Waals surface area contributed by atoms with Crippen molar-refractivity contribution in [1.29, 1.82) is 0 Å². The molecular weight excluding hydrogens is 186 g/mol. The normalized spacial score (nSPS) is 11.7. The maximum absolute atomic E-state index is 10.6. The fourth-order valence-electron chi connectivity index (χ4n) is 1.09. The average Bonchev–Trinajstić information content (AvgIpc) is 2.09. The third-order valence-electron chi connectivity index (χ3n) is 1.74. The highest BCUT2D eigenvalue weighted by atomic mass is 16.6. The van der Waals surface area contributed by atoms with E-state index < -0.39 is 4.92 Å². The molecule has 1 N–H and O–H groups in total. The molecule has 1 aromatic heterocycles. The Balaban J connectivity index is 3.42. The maximum Gasteiger partial charge on any atom is 0.277 e. The molecule has 0 fully saturated rings. The predicted octanol–water partition coefficient (Wildman–Crippen LogP) is 0.863. The molecule has 1 aromatic rings. The molecule has 1 rings (SSSR count). The van der Waals surface area contributed by atoms with E-state index in [9.17, 15) is 15.3 Å². The van der Waals surface area contributed by atoms with Crippen LogP contribution in [0.3, 0.4) is 0 Å². The third-order valence-corrected chi connectivity index (χ3v) is 1.74. The summed E-state index contributed by atoms with van der Waals surface area (Å²) in [6.45, 7) is 3.80. The van der Waals surface area contributed by atoms with Gasteiger partial charge in [0, 0.05) is 12.1 Å². The molecule has 0 saturated heterocycles. The summed E-state index contributed by atoms with van der Waals surface area (Å²) in [7, 11) is 0. The largest absolute Gasteiger partial charge is 0.427 e. The lowest BCUT2D eigenvalue weighted by Crippen LogP contribution is -2.19. The summed E-state index contributed by atoms with van der Waals surface area (Å²) in [6, 6.07) is 1.25. The van der Waals surface area contributed by atoms with Crippen molar-refractivity contribution in [1.82, 2.24) is 4.73 Å². The minimum atomic E-state index is -0.496. The fraction of sp³-hybridized carbons (Fsp3) is 0.375. The molecule has 0 bridgehead atoms. The molecule has 0 spiro atoms. The van der Waals surface area contributed by atoms with Crippen LogP contribution in [0.2, 0.25) is 0 Å². The quantitative estimate of drug-likeness (QED) is 0.433. The van der Waals surface area contributed by atoms with Gasteiger partial charge in [-0.25, -0.2) is 0 Å². The van der Waals surface area contributed by atoms with Gasteiger partial charge >= 0.3 is 0 Å². The molecule has 0 amide bonds. The summed E-state index contributed by atoms with van der Waals surface area (Å²) in [5.41, 5.74) is 0.542. The first-order valence-corrected chi connectivity index (χ1v) is 4.13. The molecule has 0 atom stereocenters. The zero-order valence-electron chi connectivity index (χ0n) is 7.97. The second-order valence-electron chi connectivity index (χ2n) is 2.78. The highest BCUT2D eigenvalue weighted by Gasteiger charge is 2.11. The van der Waals surface area contributed by atoms with Crippen LogP contribution in [0, 0.1) is 17.0 Å². The molecule has 14 heavy (non-hydrogen) atoms. The summed E-state index contributed by atoms with van der Waals surface area (Å²) in [5, 5.41) is 19.9. The van der Waals surface area contributed by atoms with Gasteiger partial charge in [0.2, 0.25) is 0 Å². The van der Waals surface area contributed by atoms with Crippen LogP contribution in [-0.4, -0.2) is 21.4 Å². The number of nitro groups is 1. The Hall–Kier alpha value is -1.85. The summed E-state index contributed by atoms with van der Waals surface area (Å²) >= 11 is 0. The zero-order chi connectivity index (χ0) is 10.7. The van der Waals surface area contributed by atoms with Gasteiger partial charge in [-0.1, -0.05) is 0 Å². The van der Waals surface area contributed by atoms with Crippen LogP contribution in [0.4, 0.5) is 5.69 Å². The van der Waals surface area contributed by atoms with Gasteiger partial charge in [-0.3, -0.25) is 15.1 Å². The molecule has 0 aliphatic heterocycles. The van der Waals surface area contributed by atoms with Crippen molar-refractivity contribution in [3.63, 3.8) is 0 Å². The minimum absolute atomic E-state index is 0.0394. The van der Waals surface area contributed by atoms with Crippen molar-refractivity contribution in [2.75, 3.05) is 6.54 Å². The van der Waals surface area contributed by atoms with Crippen molar-refractivity contribution in [2.45, 2.75) is 13.8 Å². The van der Waals surface area contributed by atoms with Crippen LogP contribution >= 0.6 is 0 Å². The summed E-state index contributed by atoms with van der Waals surface area (Å²) in [4.78, 5) is 14.0. The smallest absolute Gasteiger partial charge is 0.277 e. The maximum atomic E-state index is 10.6. The molecule has 1 heterocycles. The second kappa shape index (κ2) is 3.91. The highest BCUT2D eigenvalue weighted by molar-refractivity contribution is 5.35. The molecular formula is C8H11N3O3. The van der Waals surface area contributed by atoms with Crippen molar-refractivity contribution < 1.29 is 10.1 Å². The van der Waals surface area contributed by atoms with E-state index in [1.54, 1.807) is 13.8 Å². The van der Waals surface area contributed by atoms with Crippen molar-refractivity contribution in [3.05, 3.63) is 33.4 Å². The number of hydrogen-bond donors (Lipinski definition) is 1. The Labute approximate surface area is 80.3 Å². The molecule has 76 valence electrons. The van der Waals surface area contributed by atoms with Gasteiger partial charge in [-0.2, -0.15) is 4.73 Å². The average molecular weight is 197 g/mol. The van der Waals surface area contributed by atoms with Crippen molar-refractivity contribution in [3.8, 4) is 0 Å². The lowest BCUT2D eigenvalue weighted by atomic mass is 10.3. The van der Waals surface area contributed by atoms with Crippen LogP contribution in [0.25, 0.3) is 0 Å². The van der Waals surface area contributed by atoms with Crippen LogP contribution < -0.4 is 5.49 Å². The van der Waals surface area contributed by atoms with Crippen LogP contribution in [0.15, 0.2) is 17.3 Å². The van der Waals surface area contributed by atoms with Gasteiger partial charge < -0.3 is 5.21 Å².